The molecule has 0 bridgehead atoms. The minimum Gasteiger partial charge on any atom is -0.389 e. The molecule has 0 unspecified atom stereocenters. The Balaban J connectivity index is 1.60. The Kier molecular flexibility index (Phi) is 5.52. The van der Waals surface area contributed by atoms with Gasteiger partial charge in [-0.25, -0.2) is 0 Å². The number of aliphatic hydroxyl groups excluding tert-OH is 1. The van der Waals surface area contributed by atoms with Crippen molar-refractivity contribution < 1.29 is 9.90 Å². The SMILES string of the molecule is C[C@@H](O)c1cccc(NC(=O)CSc2nnc(-c3cccs3)n2C)c1. The van der Waals surface area contributed by atoms with Crippen LogP contribution in [0.15, 0.2) is 46.9 Å². The number of carbonyl (C=O) groups is 1. The molecule has 0 saturated heterocycles. The number of aromatic nitrogens is 3. The monoisotopic (exact) mass is 374 g/mol. The predicted octanol–water partition coefficient (Wildman–Crippen LogP) is 3.33. The zero-order valence-electron chi connectivity index (χ0n) is 13.8. The number of anilines is 1. The second-order valence-electron chi connectivity index (χ2n) is 5.48. The number of thioether (sulfide) groups is 1. The fourth-order valence-corrected chi connectivity index (χ4v) is 3.72. The summed E-state index contributed by atoms with van der Waals surface area (Å²) >= 11 is 2.94. The van der Waals surface area contributed by atoms with E-state index in [1.807, 2.05) is 35.2 Å². The standard InChI is InChI=1S/C17H18N4O2S2/c1-11(22)12-5-3-6-13(9-12)18-15(23)10-25-17-20-19-16(21(17)2)14-7-4-8-24-14/h3-9,11,22H,10H2,1-2H3,(H,18,23)/t11-/m1/s1. The number of hydrogen-bond donors (Lipinski definition) is 2. The van der Waals surface area contributed by atoms with Gasteiger partial charge >= 0.3 is 0 Å². The molecule has 0 aliphatic rings. The summed E-state index contributed by atoms with van der Waals surface area (Å²) in [5.41, 5.74) is 1.43. The van der Waals surface area contributed by atoms with Gasteiger partial charge in [0, 0.05) is 12.7 Å². The maximum absolute atomic E-state index is 12.2. The molecular weight excluding hydrogens is 356 g/mol. The van der Waals surface area contributed by atoms with Crippen LogP contribution in [0.2, 0.25) is 0 Å². The predicted molar refractivity (Wildman–Crippen MR) is 101 cm³/mol. The van der Waals surface area contributed by atoms with Crippen molar-refractivity contribution in [2.45, 2.75) is 18.2 Å². The largest absolute Gasteiger partial charge is 0.389 e. The molecule has 0 fully saturated rings. The van der Waals surface area contributed by atoms with E-state index in [1.54, 1.807) is 36.5 Å². The molecular formula is C17H18N4O2S2. The van der Waals surface area contributed by atoms with Crippen LogP contribution in [-0.2, 0) is 11.8 Å². The van der Waals surface area contributed by atoms with Gasteiger partial charge in [0.05, 0.1) is 16.7 Å². The van der Waals surface area contributed by atoms with Crippen LogP contribution in [0, 0.1) is 0 Å². The zero-order chi connectivity index (χ0) is 17.8. The van der Waals surface area contributed by atoms with Gasteiger partial charge in [-0.3, -0.25) is 4.79 Å². The van der Waals surface area contributed by atoms with Gasteiger partial charge in [0.1, 0.15) is 0 Å². The Bertz CT molecular complexity index is 859. The highest BCUT2D eigenvalue weighted by atomic mass is 32.2. The molecule has 6 nitrogen and oxygen atoms in total. The molecule has 25 heavy (non-hydrogen) atoms. The van der Waals surface area contributed by atoms with Crippen LogP contribution < -0.4 is 5.32 Å². The first-order valence-electron chi connectivity index (χ1n) is 7.68. The van der Waals surface area contributed by atoms with Crippen LogP contribution in [0.4, 0.5) is 5.69 Å². The van der Waals surface area contributed by atoms with Gasteiger partial charge in [-0.1, -0.05) is 30.0 Å². The Hall–Kier alpha value is -2.16. The molecule has 1 amide bonds. The Morgan fingerprint density at radius 1 is 1.36 bits per heavy atom. The quantitative estimate of drug-likeness (QED) is 0.647. The average Bonchev–Trinajstić information content (AvgIpc) is 3.23. The number of benzene rings is 1. The number of hydrogen-bond acceptors (Lipinski definition) is 6. The van der Waals surface area contributed by atoms with Crippen LogP contribution in [0.3, 0.4) is 0 Å². The lowest BCUT2D eigenvalue weighted by atomic mass is 10.1. The summed E-state index contributed by atoms with van der Waals surface area (Å²) in [5.74, 6) is 0.894. The third-order valence-corrected chi connectivity index (χ3v) is 5.45. The van der Waals surface area contributed by atoms with Gasteiger partial charge in [-0.05, 0) is 36.1 Å². The molecule has 2 aromatic heterocycles. The lowest BCUT2D eigenvalue weighted by Gasteiger charge is -2.09. The summed E-state index contributed by atoms with van der Waals surface area (Å²) in [6.45, 7) is 1.69. The third kappa shape index (κ3) is 4.28. The molecule has 0 aliphatic carbocycles. The second-order valence-corrected chi connectivity index (χ2v) is 7.37. The highest BCUT2D eigenvalue weighted by molar-refractivity contribution is 7.99. The maximum Gasteiger partial charge on any atom is 0.234 e. The number of carbonyl (C=O) groups excluding carboxylic acids is 1. The normalized spacial score (nSPS) is 12.1. The molecule has 2 heterocycles. The smallest absolute Gasteiger partial charge is 0.234 e. The van der Waals surface area contributed by atoms with E-state index in [1.165, 1.54) is 11.8 Å². The van der Waals surface area contributed by atoms with Crippen molar-refractivity contribution in [3.8, 4) is 10.7 Å². The van der Waals surface area contributed by atoms with Gasteiger partial charge in [0.25, 0.3) is 0 Å². The molecule has 0 saturated carbocycles. The zero-order valence-corrected chi connectivity index (χ0v) is 15.5. The van der Waals surface area contributed by atoms with Gasteiger partial charge in [-0.2, -0.15) is 0 Å². The lowest BCUT2D eigenvalue weighted by Crippen LogP contribution is -2.14. The van der Waals surface area contributed by atoms with Crippen molar-refractivity contribution in [1.29, 1.82) is 0 Å². The Morgan fingerprint density at radius 3 is 2.92 bits per heavy atom. The molecule has 3 rings (SSSR count). The van der Waals surface area contributed by atoms with Gasteiger partial charge in [-0.15, -0.1) is 21.5 Å². The molecule has 0 radical (unpaired) electrons. The van der Waals surface area contributed by atoms with Crippen LogP contribution in [0.5, 0.6) is 0 Å². The molecule has 0 aliphatic heterocycles. The number of aliphatic hydroxyl groups is 1. The van der Waals surface area contributed by atoms with E-state index in [0.29, 0.717) is 10.8 Å². The van der Waals surface area contributed by atoms with Crippen LogP contribution in [0.25, 0.3) is 10.7 Å². The molecule has 1 aromatic carbocycles. The Morgan fingerprint density at radius 2 is 2.20 bits per heavy atom. The van der Waals surface area contributed by atoms with Crippen molar-refractivity contribution >= 4 is 34.7 Å². The first-order valence-corrected chi connectivity index (χ1v) is 9.55. The number of nitrogens with zero attached hydrogens (tertiary/aromatic N) is 3. The van der Waals surface area contributed by atoms with Crippen molar-refractivity contribution in [2.24, 2.45) is 7.05 Å². The van der Waals surface area contributed by atoms with E-state index in [9.17, 15) is 9.90 Å². The van der Waals surface area contributed by atoms with Crippen LogP contribution in [-0.4, -0.2) is 31.5 Å². The number of amides is 1. The summed E-state index contributed by atoms with van der Waals surface area (Å²) in [6.07, 6.45) is -0.569. The highest BCUT2D eigenvalue weighted by Gasteiger charge is 2.13. The number of thiophene rings is 1. The molecule has 1 atom stereocenters. The van der Waals surface area contributed by atoms with Crippen molar-refractivity contribution in [2.75, 3.05) is 11.1 Å². The summed E-state index contributed by atoms with van der Waals surface area (Å²) in [7, 11) is 1.89. The first kappa shape index (κ1) is 17.7. The van der Waals surface area contributed by atoms with E-state index >= 15 is 0 Å². The molecule has 2 N–H and O–H groups in total. The second kappa shape index (κ2) is 7.81. The van der Waals surface area contributed by atoms with Crippen LogP contribution in [0.1, 0.15) is 18.6 Å². The highest BCUT2D eigenvalue weighted by Crippen LogP contribution is 2.26. The third-order valence-electron chi connectivity index (χ3n) is 3.56. The van der Waals surface area contributed by atoms with E-state index in [-0.39, 0.29) is 11.7 Å². The van der Waals surface area contributed by atoms with E-state index in [0.717, 1.165) is 16.3 Å². The maximum atomic E-state index is 12.2. The average molecular weight is 374 g/mol. The van der Waals surface area contributed by atoms with Crippen LogP contribution >= 0.6 is 23.1 Å². The molecule has 8 heteroatoms. The van der Waals surface area contributed by atoms with Crippen molar-refractivity contribution in [1.82, 2.24) is 14.8 Å². The van der Waals surface area contributed by atoms with Gasteiger partial charge in [0.2, 0.25) is 5.91 Å². The van der Waals surface area contributed by atoms with E-state index < -0.39 is 6.10 Å². The van der Waals surface area contributed by atoms with E-state index in [4.69, 9.17) is 0 Å². The minimum atomic E-state index is -0.569. The summed E-state index contributed by atoms with van der Waals surface area (Å²) in [4.78, 5) is 13.2. The van der Waals surface area contributed by atoms with E-state index in [2.05, 4.69) is 15.5 Å². The topological polar surface area (TPSA) is 80.0 Å². The summed E-state index contributed by atoms with van der Waals surface area (Å²) < 4.78 is 1.89. The minimum absolute atomic E-state index is 0.131. The van der Waals surface area contributed by atoms with Gasteiger partial charge < -0.3 is 15.0 Å². The summed E-state index contributed by atoms with van der Waals surface area (Å²) in [5, 5.41) is 23.5. The fraction of sp³-hybridized carbons (Fsp3) is 0.235. The number of rotatable bonds is 6. The summed E-state index contributed by atoms with van der Waals surface area (Å²) in [6, 6.07) is 11.2. The lowest BCUT2D eigenvalue weighted by molar-refractivity contribution is -0.113. The van der Waals surface area contributed by atoms with Crippen molar-refractivity contribution in [3.05, 3.63) is 47.3 Å². The first-order chi connectivity index (χ1) is 12.0. The Labute approximate surface area is 153 Å². The molecule has 130 valence electrons. The van der Waals surface area contributed by atoms with Crippen molar-refractivity contribution in [3.63, 3.8) is 0 Å². The molecule has 0 spiro atoms. The van der Waals surface area contributed by atoms with Gasteiger partial charge in [0.15, 0.2) is 11.0 Å². The fourth-order valence-electron chi connectivity index (χ4n) is 2.26. The number of nitrogens with one attached hydrogen (secondary N) is 1. The molecule has 3 aromatic rings.